The summed E-state index contributed by atoms with van der Waals surface area (Å²) in [5.74, 6) is 0.818. The maximum Gasteiger partial charge on any atom is 0.240 e. The van der Waals surface area contributed by atoms with Crippen molar-refractivity contribution in [1.82, 2.24) is 0 Å². The number of para-hydroxylation sites is 1. The highest BCUT2D eigenvalue weighted by Gasteiger charge is 2.17. The van der Waals surface area contributed by atoms with Crippen LogP contribution in [0.2, 0.25) is 0 Å². The topological polar surface area (TPSA) is 103 Å². The maximum absolute atomic E-state index is 11.5. The molecule has 7 heteroatoms. The summed E-state index contributed by atoms with van der Waals surface area (Å²) in [4.78, 5) is 1.78. The van der Waals surface area contributed by atoms with Gasteiger partial charge in [-0.3, -0.25) is 0 Å². The molecule has 0 saturated heterocycles. The lowest BCUT2D eigenvalue weighted by atomic mass is 10.2. The summed E-state index contributed by atoms with van der Waals surface area (Å²) >= 11 is 0. The fraction of sp³-hybridized carbons (Fsp3) is 0.231. The van der Waals surface area contributed by atoms with Crippen LogP contribution >= 0.6 is 0 Å². The normalized spacial score (nSPS) is 11.6. The molecule has 1 aromatic heterocycles. The van der Waals surface area contributed by atoms with Crippen LogP contribution in [0.4, 0.5) is 11.4 Å². The van der Waals surface area contributed by atoms with E-state index in [1.165, 1.54) is 6.07 Å². The zero-order valence-corrected chi connectivity index (χ0v) is 12.1. The van der Waals surface area contributed by atoms with E-state index < -0.39 is 10.0 Å². The van der Waals surface area contributed by atoms with Gasteiger partial charge in [0.1, 0.15) is 10.7 Å². The average Bonchev–Trinajstić information content (AvgIpc) is 2.73. The average molecular weight is 295 g/mol. The van der Waals surface area contributed by atoms with Crippen LogP contribution < -0.4 is 15.8 Å². The van der Waals surface area contributed by atoms with E-state index in [0.717, 1.165) is 11.3 Å². The molecule has 2 rings (SSSR count). The van der Waals surface area contributed by atoms with Crippen LogP contribution in [0.3, 0.4) is 0 Å². The van der Waals surface area contributed by atoms with Crippen molar-refractivity contribution >= 4 is 21.4 Å². The lowest BCUT2D eigenvalue weighted by Crippen LogP contribution is -2.20. The number of anilines is 2. The highest BCUT2D eigenvalue weighted by atomic mass is 32.2. The highest BCUT2D eigenvalue weighted by Crippen LogP contribution is 2.29. The molecule has 0 bridgehead atoms. The molecule has 1 aromatic carbocycles. The van der Waals surface area contributed by atoms with Gasteiger partial charge in [0.2, 0.25) is 10.0 Å². The standard InChI is InChI=1S/C13H17N3O3S/c1-9-10(6-7-19-9)8-16(2)11-4-3-5-12(13(11)14)20(15,17)18/h3-7H,8,14H2,1-2H3,(H2,15,17,18). The molecule has 20 heavy (non-hydrogen) atoms. The second kappa shape index (κ2) is 5.18. The third kappa shape index (κ3) is 2.78. The van der Waals surface area contributed by atoms with Crippen molar-refractivity contribution in [3.8, 4) is 0 Å². The molecule has 0 aliphatic heterocycles. The van der Waals surface area contributed by atoms with Gasteiger partial charge in [0.25, 0.3) is 0 Å². The zero-order valence-electron chi connectivity index (χ0n) is 11.3. The molecule has 0 fully saturated rings. The van der Waals surface area contributed by atoms with Crippen LogP contribution in [0.25, 0.3) is 0 Å². The number of furan rings is 1. The number of rotatable bonds is 4. The van der Waals surface area contributed by atoms with Crippen molar-refractivity contribution in [2.45, 2.75) is 18.4 Å². The Balaban J connectivity index is 2.36. The summed E-state index contributed by atoms with van der Waals surface area (Å²) in [5, 5.41) is 5.15. The number of benzene rings is 1. The van der Waals surface area contributed by atoms with Crippen LogP contribution in [0, 0.1) is 6.92 Å². The SMILES string of the molecule is Cc1occc1CN(C)c1cccc(S(N)(=O)=O)c1N. The van der Waals surface area contributed by atoms with Crippen molar-refractivity contribution < 1.29 is 12.8 Å². The van der Waals surface area contributed by atoms with Gasteiger partial charge in [-0.1, -0.05) is 6.07 Å². The molecule has 1 heterocycles. The van der Waals surface area contributed by atoms with Gasteiger partial charge < -0.3 is 15.1 Å². The minimum absolute atomic E-state index is 0.0641. The Labute approximate surface area is 118 Å². The minimum Gasteiger partial charge on any atom is -0.469 e. The molecule has 0 atom stereocenters. The van der Waals surface area contributed by atoms with Gasteiger partial charge in [0.05, 0.1) is 17.6 Å². The van der Waals surface area contributed by atoms with Crippen LogP contribution in [-0.2, 0) is 16.6 Å². The van der Waals surface area contributed by atoms with Crippen molar-refractivity contribution in [2.24, 2.45) is 5.14 Å². The third-order valence-electron chi connectivity index (χ3n) is 3.13. The van der Waals surface area contributed by atoms with Gasteiger partial charge >= 0.3 is 0 Å². The van der Waals surface area contributed by atoms with Crippen LogP contribution in [0.1, 0.15) is 11.3 Å². The summed E-state index contributed by atoms with van der Waals surface area (Å²) in [5.41, 5.74) is 7.68. The minimum atomic E-state index is -3.83. The van der Waals surface area contributed by atoms with E-state index in [0.29, 0.717) is 12.2 Å². The number of sulfonamides is 1. The van der Waals surface area contributed by atoms with Gasteiger partial charge in [-0.25, -0.2) is 13.6 Å². The van der Waals surface area contributed by atoms with E-state index in [9.17, 15) is 8.42 Å². The summed E-state index contributed by atoms with van der Waals surface area (Å²) in [7, 11) is -2.01. The van der Waals surface area contributed by atoms with Crippen molar-refractivity contribution in [3.05, 3.63) is 41.9 Å². The van der Waals surface area contributed by atoms with Gasteiger partial charge in [-0.2, -0.15) is 0 Å². The quantitative estimate of drug-likeness (QED) is 0.831. The van der Waals surface area contributed by atoms with E-state index in [2.05, 4.69) is 0 Å². The van der Waals surface area contributed by atoms with Gasteiger partial charge in [-0.05, 0) is 25.1 Å². The first-order valence-corrected chi connectivity index (χ1v) is 7.50. The van der Waals surface area contributed by atoms with Gasteiger partial charge in [-0.15, -0.1) is 0 Å². The molecule has 108 valence electrons. The summed E-state index contributed by atoms with van der Waals surface area (Å²) in [6.45, 7) is 2.42. The first-order valence-electron chi connectivity index (χ1n) is 5.96. The Bertz CT molecular complexity index is 722. The number of aryl methyl sites for hydroxylation is 1. The molecule has 0 radical (unpaired) electrons. The van der Waals surface area contributed by atoms with Gasteiger partial charge in [0.15, 0.2) is 0 Å². The molecule has 0 aliphatic rings. The molecule has 6 nitrogen and oxygen atoms in total. The fourth-order valence-electron chi connectivity index (χ4n) is 2.03. The van der Waals surface area contributed by atoms with Crippen LogP contribution in [0.5, 0.6) is 0 Å². The predicted molar refractivity (Wildman–Crippen MR) is 77.8 cm³/mol. The van der Waals surface area contributed by atoms with Crippen LogP contribution in [-0.4, -0.2) is 15.5 Å². The van der Waals surface area contributed by atoms with E-state index in [4.69, 9.17) is 15.3 Å². The third-order valence-corrected chi connectivity index (χ3v) is 4.10. The first-order chi connectivity index (χ1) is 9.30. The van der Waals surface area contributed by atoms with E-state index in [1.807, 2.05) is 24.9 Å². The largest absolute Gasteiger partial charge is 0.469 e. The summed E-state index contributed by atoms with van der Waals surface area (Å²) in [6, 6.07) is 6.63. The number of nitrogens with two attached hydrogens (primary N) is 2. The molecular formula is C13H17N3O3S. The monoisotopic (exact) mass is 295 g/mol. The smallest absolute Gasteiger partial charge is 0.240 e. The van der Waals surface area contributed by atoms with E-state index >= 15 is 0 Å². The molecule has 0 aliphatic carbocycles. The highest BCUT2D eigenvalue weighted by molar-refractivity contribution is 7.89. The number of hydrogen-bond acceptors (Lipinski definition) is 5. The second-order valence-electron chi connectivity index (χ2n) is 4.59. The molecular weight excluding hydrogens is 278 g/mol. The van der Waals surface area contributed by atoms with Crippen molar-refractivity contribution in [2.75, 3.05) is 17.7 Å². The molecule has 0 amide bonds. The lowest BCUT2D eigenvalue weighted by molar-refractivity contribution is 0.529. The molecule has 4 N–H and O–H groups in total. The summed E-state index contributed by atoms with van der Waals surface area (Å²) < 4.78 is 28.2. The number of nitrogens with zero attached hydrogens (tertiary/aromatic N) is 1. The lowest BCUT2D eigenvalue weighted by Gasteiger charge is -2.21. The number of primary sulfonamides is 1. The number of nitrogen functional groups attached to an aromatic ring is 1. The Hall–Kier alpha value is -1.99. The van der Waals surface area contributed by atoms with E-state index in [-0.39, 0.29) is 10.6 Å². The van der Waals surface area contributed by atoms with Gasteiger partial charge in [0, 0.05) is 19.2 Å². The Morgan fingerprint density at radius 2 is 2.00 bits per heavy atom. The molecule has 0 unspecified atom stereocenters. The maximum atomic E-state index is 11.5. The summed E-state index contributed by atoms with van der Waals surface area (Å²) in [6.07, 6.45) is 1.61. The molecule has 0 saturated carbocycles. The Kier molecular flexibility index (Phi) is 3.74. The first kappa shape index (κ1) is 14.4. The van der Waals surface area contributed by atoms with Crippen molar-refractivity contribution in [3.63, 3.8) is 0 Å². The zero-order chi connectivity index (χ0) is 14.9. The Morgan fingerprint density at radius 1 is 1.30 bits per heavy atom. The number of hydrogen-bond donors (Lipinski definition) is 2. The predicted octanol–water partition coefficient (Wildman–Crippen LogP) is 1.45. The molecule has 0 spiro atoms. The second-order valence-corrected chi connectivity index (χ2v) is 6.12. The van der Waals surface area contributed by atoms with Crippen molar-refractivity contribution in [1.29, 1.82) is 0 Å². The van der Waals surface area contributed by atoms with E-state index in [1.54, 1.807) is 18.4 Å². The molecule has 2 aromatic rings. The Morgan fingerprint density at radius 3 is 2.55 bits per heavy atom. The van der Waals surface area contributed by atoms with Crippen LogP contribution in [0.15, 0.2) is 39.8 Å². The fourth-order valence-corrected chi connectivity index (χ4v) is 2.71.